The van der Waals surface area contributed by atoms with Gasteiger partial charge in [0.05, 0.1) is 17.7 Å². The van der Waals surface area contributed by atoms with Gasteiger partial charge in [-0.3, -0.25) is 9.52 Å². The lowest BCUT2D eigenvalue weighted by Gasteiger charge is -2.11. The highest BCUT2D eigenvalue weighted by Gasteiger charge is 2.15. The van der Waals surface area contributed by atoms with Gasteiger partial charge in [-0.25, -0.2) is 8.42 Å². The quantitative estimate of drug-likeness (QED) is 0.523. The average molecular weight is 441 g/mol. The fourth-order valence-corrected chi connectivity index (χ4v) is 3.83. The molecule has 0 saturated carbocycles. The molecule has 7 nitrogen and oxygen atoms in total. The highest BCUT2D eigenvalue weighted by Crippen LogP contribution is 2.22. The van der Waals surface area contributed by atoms with Crippen molar-refractivity contribution in [1.29, 1.82) is 0 Å². The number of hydrogen-bond acceptors (Lipinski definition) is 5. The summed E-state index contributed by atoms with van der Waals surface area (Å²) in [6.07, 6.45) is 0.929. The van der Waals surface area contributed by atoms with E-state index in [2.05, 4.69) is 17.0 Å². The SMILES string of the molecule is CCc1ccc(NC(=O)COc2ccc(S(=O)(=O)Nc3cccc(OC)c3)cc2)cc1. The fraction of sp³-hybridized carbons (Fsp3) is 0.174. The molecule has 0 aliphatic rings. The van der Waals surface area contributed by atoms with Crippen molar-refractivity contribution < 1.29 is 22.7 Å². The molecular formula is C23H24N2O5S. The first-order chi connectivity index (χ1) is 14.9. The van der Waals surface area contributed by atoms with Gasteiger partial charge in [-0.2, -0.15) is 0 Å². The van der Waals surface area contributed by atoms with Crippen LogP contribution in [0.1, 0.15) is 12.5 Å². The highest BCUT2D eigenvalue weighted by atomic mass is 32.2. The summed E-state index contributed by atoms with van der Waals surface area (Å²) in [5.41, 5.74) is 2.27. The Labute approximate surface area is 182 Å². The predicted molar refractivity (Wildman–Crippen MR) is 120 cm³/mol. The predicted octanol–water partition coefficient (Wildman–Crippen LogP) is 4.08. The molecule has 0 aliphatic carbocycles. The van der Waals surface area contributed by atoms with E-state index < -0.39 is 10.0 Å². The average Bonchev–Trinajstić information content (AvgIpc) is 2.78. The van der Waals surface area contributed by atoms with Gasteiger partial charge in [0.1, 0.15) is 11.5 Å². The molecule has 3 aromatic rings. The van der Waals surface area contributed by atoms with Gasteiger partial charge in [0.2, 0.25) is 0 Å². The molecule has 0 aliphatic heterocycles. The number of amides is 1. The van der Waals surface area contributed by atoms with E-state index in [0.29, 0.717) is 22.9 Å². The van der Waals surface area contributed by atoms with E-state index in [1.54, 1.807) is 24.3 Å². The van der Waals surface area contributed by atoms with Gasteiger partial charge < -0.3 is 14.8 Å². The topological polar surface area (TPSA) is 93.7 Å². The molecule has 162 valence electrons. The number of carbonyl (C=O) groups is 1. The molecule has 3 aromatic carbocycles. The van der Waals surface area contributed by atoms with Crippen molar-refractivity contribution in [3.8, 4) is 11.5 Å². The van der Waals surface area contributed by atoms with Gasteiger partial charge in [-0.15, -0.1) is 0 Å². The second-order valence-electron chi connectivity index (χ2n) is 6.70. The van der Waals surface area contributed by atoms with E-state index in [4.69, 9.17) is 9.47 Å². The second-order valence-corrected chi connectivity index (χ2v) is 8.38. The molecule has 0 heterocycles. The van der Waals surface area contributed by atoms with Crippen LogP contribution < -0.4 is 19.5 Å². The number of rotatable bonds is 9. The molecule has 0 bridgehead atoms. The van der Waals surface area contributed by atoms with Crippen molar-refractivity contribution >= 4 is 27.3 Å². The van der Waals surface area contributed by atoms with Crippen molar-refractivity contribution in [3.05, 3.63) is 78.4 Å². The summed E-state index contributed by atoms with van der Waals surface area (Å²) >= 11 is 0. The van der Waals surface area contributed by atoms with Crippen molar-refractivity contribution in [2.24, 2.45) is 0 Å². The van der Waals surface area contributed by atoms with Gasteiger partial charge in [0, 0.05) is 11.8 Å². The normalized spacial score (nSPS) is 10.9. The molecule has 0 fully saturated rings. The maximum absolute atomic E-state index is 12.6. The Balaban J connectivity index is 1.56. The Bertz CT molecular complexity index is 1130. The van der Waals surface area contributed by atoms with Crippen molar-refractivity contribution in [2.45, 2.75) is 18.2 Å². The van der Waals surface area contributed by atoms with E-state index in [9.17, 15) is 13.2 Å². The lowest BCUT2D eigenvalue weighted by atomic mass is 10.1. The number of carbonyl (C=O) groups excluding carboxylic acids is 1. The summed E-state index contributed by atoms with van der Waals surface area (Å²) in [6, 6.07) is 20.1. The minimum Gasteiger partial charge on any atom is -0.497 e. The maximum Gasteiger partial charge on any atom is 0.262 e. The van der Waals surface area contributed by atoms with Gasteiger partial charge in [-0.05, 0) is 60.5 Å². The van der Waals surface area contributed by atoms with Crippen LogP contribution in [0.15, 0.2) is 77.7 Å². The van der Waals surface area contributed by atoms with Gasteiger partial charge in [0.25, 0.3) is 15.9 Å². The van der Waals surface area contributed by atoms with E-state index in [1.165, 1.54) is 36.9 Å². The van der Waals surface area contributed by atoms with E-state index in [-0.39, 0.29) is 17.4 Å². The van der Waals surface area contributed by atoms with Crippen LogP contribution in [-0.2, 0) is 21.2 Å². The molecule has 8 heteroatoms. The first-order valence-electron chi connectivity index (χ1n) is 9.68. The van der Waals surface area contributed by atoms with Crippen molar-refractivity contribution in [1.82, 2.24) is 0 Å². The molecule has 1 amide bonds. The summed E-state index contributed by atoms with van der Waals surface area (Å²) in [6.45, 7) is 1.87. The minimum absolute atomic E-state index is 0.0723. The molecule has 2 N–H and O–H groups in total. The first-order valence-corrected chi connectivity index (χ1v) is 11.2. The number of hydrogen-bond donors (Lipinski definition) is 2. The number of benzene rings is 3. The van der Waals surface area contributed by atoms with Crippen LogP contribution in [0.3, 0.4) is 0 Å². The van der Waals surface area contributed by atoms with Crippen LogP contribution in [0.25, 0.3) is 0 Å². The molecule has 0 saturated heterocycles. The number of ether oxygens (including phenoxy) is 2. The number of nitrogens with one attached hydrogen (secondary N) is 2. The van der Waals surface area contributed by atoms with Gasteiger partial charge in [-0.1, -0.05) is 25.1 Å². The number of aryl methyl sites for hydroxylation is 1. The molecule has 0 aromatic heterocycles. The van der Waals surface area contributed by atoms with Crippen molar-refractivity contribution in [2.75, 3.05) is 23.8 Å². The Morgan fingerprint density at radius 1 is 0.903 bits per heavy atom. The smallest absolute Gasteiger partial charge is 0.262 e. The first kappa shape index (κ1) is 22.2. The third kappa shape index (κ3) is 6.23. The van der Waals surface area contributed by atoms with Crippen LogP contribution in [-0.4, -0.2) is 28.0 Å². The zero-order valence-electron chi connectivity index (χ0n) is 17.3. The molecule has 3 rings (SSSR count). The molecule has 31 heavy (non-hydrogen) atoms. The largest absolute Gasteiger partial charge is 0.497 e. The number of sulfonamides is 1. The lowest BCUT2D eigenvalue weighted by molar-refractivity contribution is -0.118. The van der Waals surface area contributed by atoms with Crippen molar-refractivity contribution in [3.63, 3.8) is 0 Å². The summed E-state index contributed by atoms with van der Waals surface area (Å²) in [5.74, 6) is 0.626. The van der Waals surface area contributed by atoms with Crippen LogP contribution in [0, 0.1) is 0 Å². The maximum atomic E-state index is 12.6. The van der Waals surface area contributed by atoms with Crippen LogP contribution in [0.5, 0.6) is 11.5 Å². The van der Waals surface area contributed by atoms with Gasteiger partial charge in [0.15, 0.2) is 6.61 Å². The molecule has 0 spiro atoms. The Kier molecular flexibility index (Phi) is 7.15. The van der Waals surface area contributed by atoms with Crippen LogP contribution in [0.4, 0.5) is 11.4 Å². The molecule has 0 atom stereocenters. The number of methoxy groups -OCH3 is 1. The lowest BCUT2D eigenvalue weighted by Crippen LogP contribution is -2.20. The summed E-state index contributed by atoms with van der Waals surface area (Å²) in [7, 11) is -2.26. The van der Waals surface area contributed by atoms with E-state index in [1.807, 2.05) is 24.3 Å². The monoisotopic (exact) mass is 440 g/mol. The molecule has 0 radical (unpaired) electrons. The van der Waals surface area contributed by atoms with Gasteiger partial charge >= 0.3 is 0 Å². The van der Waals surface area contributed by atoms with E-state index >= 15 is 0 Å². The highest BCUT2D eigenvalue weighted by molar-refractivity contribution is 7.92. The zero-order chi connectivity index (χ0) is 22.3. The third-order valence-corrected chi connectivity index (χ3v) is 5.87. The molecular weight excluding hydrogens is 416 g/mol. The van der Waals surface area contributed by atoms with Crippen LogP contribution in [0.2, 0.25) is 0 Å². The summed E-state index contributed by atoms with van der Waals surface area (Å²) < 4.78 is 38.2. The second kappa shape index (κ2) is 9.99. The third-order valence-electron chi connectivity index (χ3n) is 4.47. The fourth-order valence-electron chi connectivity index (χ4n) is 2.79. The summed E-state index contributed by atoms with van der Waals surface area (Å²) in [4.78, 5) is 12.1. The molecule has 0 unspecified atom stereocenters. The standard InChI is InChI=1S/C23H24N2O5S/c1-3-17-7-9-18(10-8-17)24-23(26)16-30-20-11-13-22(14-12-20)31(27,28)25-19-5-4-6-21(15-19)29-2/h4-15,25H,3,16H2,1-2H3,(H,24,26). The van der Waals surface area contributed by atoms with E-state index in [0.717, 1.165) is 6.42 Å². The Morgan fingerprint density at radius 3 is 2.26 bits per heavy atom. The summed E-state index contributed by atoms with van der Waals surface area (Å²) in [5, 5.41) is 2.76. The number of anilines is 2. The van der Waals surface area contributed by atoms with Crippen LogP contribution >= 0.6 is 0 Å². The Hall–Kier alpha value is -3.52. The minimum atomic E-state index is -3.77. The zero-order valence-corrected chi connectivity index (χ0v) is 18.1. The Morgan fingerprint density at radius 2 is 1.61 bits per heavy atom.